The third kappa shape index (κ3) is 3.45. The molecule has 0 aliphatic rings. The van der Waals surface area contributed by atoms with Crippen molar-refractivity contribution in [1.82, 2.24) is 9.88 Å². The van der Waals surface area contributed by atoms with Crippen molar-refractivity contribution in [3.63, 3.8) is 0 Å². The van der Waals surface area contributed by atoms with Crippen LogP contribution in [0.2, 0.25) is 0 Å². The Morgan fingerprint density at radius 1 is 1.18 bits per heavy atom. The molecular weight excluding hydrogens is 276 g/mol. The Hall–Kier alpha value is -1.06. The van der Waals surface area contributed by atoms with Crippen LogP contribution in [0.25, 0.3) is 0 Å². The van der Waals surface area contributed by atoms with Crippen LogP contribution in [0.4, 0.5) is 0 Å². The molecule has 0 spiro atoms. The number of benzene rings is 1. The smallest absolute Gasteiger partial charge is 0.0223 e. The molecule has 0 aliphatic heterocycles. The van der Waals surface area contributed by atoms with E-state index in [1.807, 2.05) is 6.07 Å². The molecule has 0 unspecified atom stereocenters. The maximum Gasteiger partial charge on any atom is 0.0223 e. The predicted octanol–water partition coefficient (Wildman–Crippen LogP) is 3.56. The summed E-state index contributed by atoms with van der Waals surface area (Å²) >= 11 is 3.55. The van der Waals surface area contributed by atoms with Gasteiger partial charge in [0.25, 0.3) is 0 Å². The summed E-state index contributed by atoms with van der Waals surface area (Å²) in [6.07, 6.45) is 4.31. The molecule has 0 bridgehead atoms. The van der Waals surface area contributed by atoms with Gasteiger partial charge in [0, 0.05) is 36.5 Å². The molecule has 2 aromatic rings. The van der Waals surface area contributed by atoms with E-state index in [1.165, 1.54) is 15.6 Å². The largest absolute Gasteiger partial charge is 0.354 e. The van der Waals surface area contributed by atoms with Gasteiger partial charge in [-0.3, -0.25) is 0 Å². The maximum atomic E-state index is 3.55. The van der Waals surface area contributed by atoms with Gasteiger partial charge in [-0.05, 0) is 30.2 Å². The summed E-state index contributed by atoms with van der Waals surface area (Å²) < 4.78 is 3.36. The summed E-state index contributed by atoms with van der Waals surface area (Å²) in [7, 11) is 0. The van der Waals surface area contributed by atoms with Crippen molar-refractivity contribution < 1.29 is 0 Å². The second kappa shape index (κ2) is 6.03. The van der Waals surface area contributed by atoms with Crippen molar-refractivity contribution in [2.75, 3.05) is 0 Å². The van der Waals surface area contributed by atoms with Crippen molar-refractivity contribution in [3.8, 4) is 0 Å². The van der Waals surface area contributed by atoms with Crippen LogP contribution in [0, 0.1) is 0 Å². The van der Waals surface area contributed by atoms with E-state index in [4.69, 9.17) is 0 Å². The lowest BCUT2D eigenvalue weighted by Crippen LogP contribution is -2.12. The fraction of sp³-hybridized carbons (Fsp3) is 0.286. The molecule has 0 atom stereocenters. The second-order valence-corrected chi connectivity index (χ2v) is 4.90. The first kappa shape index (κ1) is 12.4. The lowest BCUT2D eigenvalue weighted by atomic mass is 10.2. The monoisotopic (exact) mass is 292 g/mol. The number of nitrogens with one attached hydrogen (secondary N) is 1. The molecule has 1 heterocycles. The molecule has 0 saturated carbocycles. The zero-order valence-electron chi connectivity index (χ0n) is 9.99. The van der Waals surface area contributed by atoms with Gasteiger partial charge in [-0.1, -0.05) is 34.1 Å². The van der Waals surface area contributed by atoms with E-state index in [0.29, 0.717) is 0 Å². The van der Waals surface area contributed by atoms with Gasteiger partial charge in [-0.2, -0.15) is 0 Å². The van der Waals surface area contributed by atoms with Crippen molar-refractivity contribution in [3.05, 3.63) is 58.3 Å². The normalized spacial score (nSPS) is 10.7. The minimum absolute atomic E-state index is 0.888. The summed E-state index contributed by atoms with van der Waals surface area (Å²) in [4.78, 5) is 0. The molecule has 0 aliphatic carbocycles. The number of rotatable bonds is 5. The van der Waals surface area contributed by atoms with E-state index in [9.17, 15) is 0 Å². The topological polar surface area (TPSA) is 17.0 Å². The van der Waals surface area contributed by atoms with Crippen molar-refractivity contribution in [2.24, 2.45) is 0 Å². The lowest BCUT2D eigenvalue weighted by Gasteiger charge is -2.05. The Morgan fingerprint density at radius 3 is 2.71 bits per heavy atom. The highest BCUT2D eigenvalue weighted by atomic mass is 79.9. The molecule has 1 N–H and O–H groups in total. The Morgan fingerprint density at radius 2 is 2.00 bits per heavy atom. The zero-order valence-corrected chi connectivity index (χ0v) is 11.6. The first-order valence-corrected chi connectivity index (χ1v) is 6.67. The number of aromatic nitrogens is 1. The van der Waals surface area contributed by atoms with Crippen molar-refractivity contribution in [2.45, 2.75) is 26.6 Å². The molecule has 1 aromatic heterocycles. The third-order valence-electron chi connectivity index (χ3n) is 2.78. The molecule has 17 heavy (non-hydrogen) atoms. The average Bonchev–Trinajstić information content (AvgIpc) is 2.80. The van der Waals surface area contributed by atoms with Crippen LogP contribution in [0.3, 0.4) is 0 Å². The number of nitrogens with zero attached hydrogens (tertiary/aromatic N) is 1. The van der Waals surface area contributed by atoms with E-state index in [1.54, 1.807) is 0 Å². The number of hydrogen-bond acceptors (Lipinski definition) is 1. The Kier molecular flexibility index (Phi) is 4.40. The predicted molar refractivity (Wildman–Crippen MR) is 74.8 cm³/mol. The lowest BCUT2D eigenvalue weighted by molar-refractivity contribution is 0.686. The van der Waals surface area contributed by atoms with Gasteiger partial charge in [0.1, 0.15) is 0 Å². The highest BCUT2D eigenvalue weighted by molar-refractivity contribution is 9.10. The van der Waals surface area contributed by atoms with Gasteiger partial charge >= 0.3 is 0 Å². The fourth-order valence-electron chi connectivity index (χ4n) is 1.78. The second-order valence-electron chi connectivity index (χ2n) is 4.05. The van der Waals surface area contributed by atoms with E-state index >= 15 is 0 Å². The minimum Gasteiger partial charge on any atom is -0.354 e. The van der Waals surface area contributed by atoms with Gasteiger partial charge in [0.05, 0.1) is 0 Å². The molecule has 2 rings (SSSR count). The molecule has 1 aromatic carbocycles. The van der Waals surface area contributed by atoms with E-state index in [2.05, 4.69) is 69.4 Å². The van der Waals surface area contributed by atoms with Crippen molar-refractivity contribution in [1.29, 1.82) is 0 Å². The number of halogens is 1. The van der Waals surface area contributed by atoms with Gasteiger partial charge in [0.15, 0.2) is 0 Å². The molecule has 0 radical (unpaired) electrons. The Balaban J connectivity index is 1.85. The number of aryl methyl sites for hydroxylation is 1. The fourth-order valence-corrected chi connectivity index (χ4v) is 2.20. The molecule has 2 nitrogen and oxygen atoms in total. The van der Waals surface area contributed by atoms with Crippen LogP contribution in [0.1, 0.15) is 18.1 Å². The Labute approximate surface area is 111 Å². The molecule has 0 saturated heterocycles. The minimum atomic E-state index is 0.888. The van der Waals surface area contributed by atoms with Crippen LogP contribution in [0.15, 0.2) is 47.2 Å². The first-order valence-electron chi connectivity index (χ1n) is 5.88. The summed E-state index contributed by atoms with van der Waals surface area (Å²) in [6.45, 7) is 4.98. The summed E-state index contributed by atoms with van der Waals surface area (Å²) in [6, 6.07) is 10.5. The van der Waals surface area contributed by atoms with Gasteiger partial charge < -0.3 is 9.88 Å². The SMILES string of the molecule is CCn1ccc(CNCc2ccccc2Br)c1. The zero-order chi connectivity index (χ0) is 12.1. The highest BCUT2D eigenvalue weighted by Gasteiger charge is 1.99. The average molecular weight is 293 g/mol. The standard InChI is InChI=1S/C14H17BrN2/c1-2-17-8-7-12(11-17)9-16-10-13-5-3-4-6-14(13)15/h3-8,11,16H,2,9-10H2,1H3. The summed E-state index contributed by atoms with van der Waals surface area (Å²) in [5.74, 6) is 0. The summed E-state index contributed by atoms with van der Waals surface area (Å²) in [5.41, 5.74) is 2.63. The van der Waals surface area contributed by atoms with Crippen LogP contribution < -0.4 is 5.32 Å². The van der Waals surface area contributed by atoms with Gasteiger partial charge in [-0.25, -0.2) is 0 Å². The van der Waals surface area contributed by atoms with Crippen LogP contribution in [0.5, 0.6) is 0 Å². The van der Waals surface area contributed by atoms with E-state index in [0.717, 1.165) is 19.6 Å². The molecule has 0 amide bonds. The first-order chi connectivity index (χ1) is 8.29. The van der Waals surface area contributed by atoms with E-state index < -0.39 is 0 Å². The number of hydrogen-bond donors (Lipinski definition) is 1. The van der Waals surface area contributed by atoms with E-state index in [-0.39, 0.29) is 0 Å². The summed E-state index contributed by atoms with van der Waals surface area (Å²) in [5, 5.41) is 3.45. The molecule has 3 heteroatoms. The molecule has 90 valence electrons. The van der Waals surface area contributed by atoms with Crippen LogP contribution >= 0.6 is 15.9 Å². The molecular formula is C14H17BrN2. The van der Waals surface area contributed by atoms with Crippen molar-refractivity contribution >= 4 is 15.9 Å². The maximum absolute atomic E-state index is 3.55. The van der Waals surface area contributed by atoms with Crippen LogP contribution in [-0.4, -0.2) is 4.57 Å². The quantitative estimate of drug-likeness (QED) is 0.892. The van der Waals surface area contributed by atoms with Gasteiger partial charge in [0.2, 0.25) is 0 Å². The van der Waals surface area contributed by atoms with Crippen LogP contribution in [-0.2, 0) is 19.6 Å². The Bertz CT molecular complexity index is 477. The third-order valence-corrected chi connectivity index (χ3v) is 3.55. The van der Waals surface area contributed by atoms with Gasteiger partial charge in [-0.15, -0.1) is 0 Å². The molecule has 0 fully saturated rings. The highest BCUT2D eigenvalue weighted by Crippen LogP contribution is 2.15.